The lowest BCUT2D eigenvalue weighted by atomic mass is 10.1. The Morgan fingerprint density at radius 3 is 1.44 bits per heavy atom. The Hall–Kier alpha value is 0.217. The molecule has 0 heterocycles. The first-order valence-electron chi connectivity index (χ1n) is 8.31. The van der Waals surface area contributed by atoms with Crippen LogP contribution < -0.4 is 0 Å². The van der Waals surface area contributed by atoms with E-state index in [0.717, 1.165) is 0 Å². The Bertz CT molecular complexity index is 188. The number of unbranched alkanes of at least 4 members (excludes halogenated alkanes) is 8. The van der Waals surface area contributed by atoms with Gasteiger partial charge in [-0.1, -0.05) is 105 Å². The summed E-state index contributed by atoms with van der Waals surface area (Å²) in [5.41, 5.74) is 0. The first-order valence-corrected chi connectivity index (χ1v) is 11.5. The molecule has 18 heavy (non-hydrogen) atoms. The standard InChI is InChI=1S/C17H38Si/c1-7-8-9-10-11-12-13-14-15-16-18(5,6)17(2,3)4/h7-16H2,1-6H3. The summed E-state index contributed by atoms with van der Waals surface area (Å²) in [5.74, 6) is 0. The monoisotopic (exact) mass is 270 g/mol. The van der Waals surface area contributed by atoms with Gasteiger partial charge in [-0.05, 0) is 5.04 Å². The highest BCUT2D eigenvalue weighted by Crippen LogP contribution is 2.39. The summed E-state index contributed by atoms with van der Waals surface area (Å²) >= 11 is 0. The number of rotatable bonds is 10. The molecule has 0 aromatic rings. The second-order valence-electron chi connectivity index (χ2n) is 7.71. The Morgan fingerprint density at radius 1 is 0.667 bits per heavy atom. The zero-order valence-electron chi connectivity index (χ0n) is 14.1. The summed E-state index contributed by atoms with van der Waals surface area (Å²) < 4.78 is 0. The molecule has 1 heteroatoms. The van der Waals surface area contributed by atoms with Gasteiger partial charge >= 0.3 is 0 Å². The van der Waals surface area contributed by atoms with Gasteiger partial charge in [0.2, 0.25) is 0 Å². The van der Waals surface area contributed by atoms with Gasteiger partial charge in [-0.3, -0.25) is 0 Å². The van der Waals surface area contributed by atoms with Crippen molar-refractivity contribution in [2.45, 2.75) is 110 Å². The summed E-state index contributed by atoms with van der Waals surface area (Å²) in [7, 11) is -0.991. The molecular formula is C17H38Si. The molecule has 0 saturated heterocycles. The van der Waals surface area contributed by atoms with E-state index in [0.29, 0.717) is 5.04 Å². The SMILES string of the molecule is CCCCCCCCCCC[Si](C)(C)C(C)(C)C. The molecule has 0 aromatic carbocycles. The normalized spacial score (nSPS) is 13.0. The Kier molecular flexibility index (Phi) is 9.28. The minimum absolute atomic E-state index is 0.577. The number of hydrogen-bond donors (Lipinski definition) is 0. The lowest BCUT2D eigenvalue weighted by Gasteiger charge is -2.37. The van der Waals surface area contributed by atoms with Gasteiger partial charge in [0.15, 0.2) is 0 Å². The van der Waals surface area contributed by atoms with Crippen molar-refractivity contribution in [2.24, 2.45) is 0 Å². The smallest absolute Gasteiger partial charge is 0.0527 e. The lowest BCUT2D eigenvalue weighted by molar-refractivity contribution is 0.569. The van der Waals surface area contributed by atoms with Gasteiger partial charge in [-0.15, -0.1) is 0 Å². The summed E-state index contributed by atoms with van der Waals surface area (Å²) in [4.78, 5) is 0. The van der Waals surface area contributed by atoms with Gasteiger partial charge in [0.1, 0.15) is 0 Å². The maximum atomic E-state index is 2.57. The molecule has 0 N–H and O–H groups in total. The zero-order chi connectivity index (χ0) is 14.1. The highest BCUT2D eigenvalue weighted by Gasteiger charge is 2.33. The zero-order valence-corrected chi connectivity index (χ0v) is 15.1. The molecule has 0 spiro atoms. The second kappa shape index (κ2) is 9.17. The van der Waals surface area contributed by atoms with Crippen LogP contribution in [0.5, 0.6) is 0 Å². The predicted octanol–water partition coefficient (Wildman–Crippen LogP) is 7.03. The highest BCUT2D eigenvalue weighted by molar-refractivity contribution is 6.80. The van der Waals surface area contributed by atoms with E-state index in [9.17, 15) is 0 Å². The molecule has 0 atom stereocenters. The Labute approximate surface area is 118 Å². The summed E-state index contributed by atoms with van der Waals surface area (Å²) in [6.07, 6.45) is 13.1. The van der Waals surface area contributed by atoms with E-state index in [-0.39, 0.29) is 0 Å². The molecule has 0 saturated carbocycles. The van der Waals surface area contributed by atoms with Crippen molar-refractivity contribution in [1.82, 2.24) is 0 Å². The molecule has 0 aliphatic rings. The fraction of sp³-hybridized carbons (Fsp3) is 1.00. The van der Waals surface area contributed by atoms with Gasteiger partial charge in [-0.2, -0.15) is 0 Å². The maximum Gasteiger partial charge on any atom is 0.0527 e. The van der Waals surface area contributed by atoms with Crippen LogP contribution in [0.2, 0.25) is 24.2 Å². The topological polar surface area (TPSA) is 0 Å². The third-order valence-electron chi connectivity index (χ3n) is 4.94. The van der Waals surface area contributed by atoms with Gasteiger partial charge in [-0.25, -0.2) is 0 Å². The predicted molar refractivity (Wildman–Crippen MR) is 89.2 cm³/mol. The van der Waals surface area contributed by atoms with Crippen molar-refractivity contribution in [1.29, 1.82) is 0 Å². The fourth-order valence-corrected chi connectivity index (χ4v) is 4.14. The van der Waals surface area contributed by atoms with Gasteiger partial charge in [0.25, 0.3) is 0 Å². The molecule has 0 fully saturated rings. The average molecular weight is 271 g/mol. The largest absolute Gasteiger partial charge is 0.0690 e. The van der Waals surface area contributed by atoms with E-state index in [1.165, 1.54) is 63.8 Å². The fourth-order valence-electron chi connectivity index (χ4n) is 2.25. The summed E-state index contributed by atoms with van der Waals surface area (Å²) in [5, 5.41) is 0.577. The minimum atomic E-state index is -0.991. The maximum absolute atomic E-state index is 2.57. The molecular weight excluding hydrogens is 232 g/mol. The van der Waals surface area contributed by atoms with Crippen molar-refractivity contribution >= 4 is 8.07 Å². The van der Waals surface area contributed by atoms with Gasteiger partial charge in [0.05, 0.1) is 8.07 Å². The molecule has 0 aliphatic heterocycles. The van der Waals surface area contributed by atoms with E-state index in [2.05, 4.69) is 40.8 Å². The van der Waals surface area contributed by atoms with Crippen LogP contribution in [0.4, 0.5) is 0 Å². The van der Waals surface area contributed by atoms with E-state index < -0.39 is 8.07 Å². The van der Waals surface area contributed by atoms with Crippen molar-refractivity contribution in [3.8, 4) is 0 Å². The first-order chi connectivity index (χ1) is 8.31. The summed E-state index contributed by atoms with van der Waals surface area (Å²) in [6, 6.07) is 1.52. The van der Waals surface area contributed by atoms with Crippen LogP contribution in [0, 0.1) is 0 Å². The van der Waals surface area contributed by atoms with Crippen LogP contribution in [0.3, 0.4) is 0 Å². The molecule has 0 aromatic heterocycles. The highest BCUT2D eigenvalue weighted by atomic mass is 28.3. The lowest BCUT2D eigenvalue weighted by Crippen LogP contribution is -2.36. The molecule has 0 rings (SSSR count). The molecule has 0 amide bonds. The van der Waals surface area contributed by atoms with Crippen molar-refractivity contribution in [3.63, 3.8) is 0 Å². The molecule has 0 aliphatic carbocycles. The van der Waals surface area contributed by atoms with Crippen LogP contribution in [0.1, 0.15) is 85.5 Å². The first kappa shape index (κ1) is 18.2. The Morgan fingerprint density at radius 2 is 1.06 bits per heavy atom. The molecule has 0 bridgehead atoms. The Balaban J connectivity index is 3.41. The van der Waals surface area contributed by atoms with Gasteiger partial charge < -0.3 is 0 Å². The van der Waals surface area contributed by atoms with Crippen LogP contribution in [-0.2, 0) is 0 Å². The molecule has 0 unspecified atom stereocenters. The van der Waals surface area contributed by atoms with E-state index >= 15 is 0 Å². The van der Waals surface area contributed by atoms with E-state index in [1.54, 1.807) is 0 Å². The van der Waals surface area contributed by atoms with Crippen molar-refractivity contribution < 1.29 is 0 Å². The van der Waals surface area contributed by atoms with Gasteiger partial charge in [0, 0.05) is 0 Å². The van der Waals surface area contributed by atoms with Crippen LogP contribution in [0.25, 0.3) is 0 Å². The third-order valence-corrected chi connectivity index (χ3v) is 10.6. The number of hydrogen-bond acceptors (Lipinski definition) is 0. The third kappa shape index (κ3) is 8.34. The van der Waals surface area contributed by atoms with Crippen LogP contribution >= 0.6 is 0 Å². The summed E-state index contributed by atoms with van der Waals surface area (Å²) in [6.45, 7) is 14.7. The quantitative estimate of drug-likeness (QED) is 0.295. The minimum Gasteiger partial charge on any atom is -0.0690 e. The molecule has 110 valence electrons. The molecule has 0 radical (unpaired) electrons. The van der Waals surface area contributed by atoms with E-state index in [1.807, 2.05) is 0 Å². The molecule has 0 nitrogen and oxygen atoms in total. The van der Waals surface area contributed by atoms with E-state index in [4.69, 9.17) is 0 Å². The van der Waals surface area contributed by atoms with Crippen LogP contribution in [-0.4, -0.2) is 8.07 Å². The van der Waals surface area contributed by atoms with Crippen molar-refractivity contribution in [2.75, 3.05) is 0 Å². The second-order valence-corrected chi connectivity index (χ2v) is 13.5. The average Bonchev–Trinajstić information content (AvgIpc) is 2.25. The van der Waals surface area contributed by atoms with Crippen molar-refractivity contribution in [3.05, 3.63) is 0 Å². The van der Waals surface area contributed by atoms with Crippen LogP contribution in [0.15, 0.2) is 0 Å².